The molecule has 2 amide bonds. The molecule has 1 aliphatic rings. The summed E-state index contributed by atoms with van der Waals surface area (Å²) in [6.45, 7) is 6.69. The van der Waals surface area contributed by atoms with Crippen LogP contribution in [0.2, 0.25) is 0 Å². The van der Waals surface area contributed by atoms with Crippen LogP contribution in [0, 0.1) is 17.3 Å². The molecule has 0 saturated heterocycles. The summed E-state index contributed by atoms with van der Waals surface area (Å²) in [5.41, 5.74) is -0.643. The Morgan fingerprint density at radius 3 is 1.44 bits per heavy atom. The first kappa shape index (κ1) is 29.8. The van der Waals surface area contributed by atoms with Gasteiger partial charge in [-0.25, -0.2) is 9.59 Å². The van der Waals surface area contributed by atoms with Crippen molar-refractivity contribution in [3.63, 3.8) is 0 Å². The van der Waals surface area contributed by atoms with Crippen LogP contribution in [0.25, 0.3) is 0 Å². The van der Waals surface area contributed by atoms with E-state index in [1.54, 1.807) is 0 Å². The molecule has 1 rings (SSSR count). The lowest BCUT2D eigenvalue weighted by molar-refractivity contribution is -0.150. The summed E-state index contributed by atoms with van der Waals surface area (Å²) in [6, 6.07) is -2.34. The molecular weight excluding hydrogens is 444 g/mol. The van der Waals surface area contributed by atoms with Crippen LogP contribution < -0.4 is 10.6 Å². The van der Waals surface area contributed by atoms with E-state index >= 15 is 0 Å². The number of nitrogens with one attached hydrogen (secondary N) is 2. The Balaban J connectivity index is 2.77. The van der Waals surface area contributed by atoms with Gasteiger partial charge >= 0.3 is 11.9 Å². The monoisotopic (exact) mass is 486 g/mol. The number of carbonyl (C=O) groups excluding carboxylic acids is 4. The number of hydrogen-bond acceptors (Lipinski definition) is 8. The predicted octanol–water partition coefficient (Wildman–Crippen LogP) is 1.07. The van der Waals surface area contributed by atoms with Gasteiger partial charge in [-0.05, 0) is 30.1 Å². The zero-order valence-electron chi connectivity index (χ0n) is 20.9. The molecule has 10 heteroatoms. The maximum absolute atomic E-state index is 12.8. The molecule has 0 radical (unpaired) electrons. The first-order valence-electron chi connectivity index (χ1n) is 12.2. The standard InChI is InChI=1S/C24H42N2O8/c1-16(2)14-33-22(31)18(12-27)25-20(29)10-24(8-6-5-7-9-24)11-21(30)26-19(13-28)23(32)34-15-17(3)4/h16-19,27-28H,5-15H2,1-4H3,(H,25,29)(H,26,30)/t18-,19-/m1/s1. The highest BCUT2D eigenvalue weighted by Gasteiger charge is 2.38. The molecule has 0 aromatic heterocycles. The van der Waals surface area contributed by atoms with E-state index in [2.05, 4.69) is 10.6 Å². The van der Waals surface area contributed by atoms with Crippen LogP contribution in [0.1, 0.15) is 72.6 Å². The molecule has 0 aromatic rings. The molecule has 0 aromatic carbocycles. The lowest BCUT2D eigenvalue weighted by Gasteiger charge is -2.37. The zero-order chi connectivity index (χ0) is 25.7. The number of hydrogen-bond donors (Lipinski definition) is 4. The topological polar surface area (TPSA) is 151 Å². The van der Waals surface area contributed by atoms with Crippen molar-refractivity contribution in [1.82, 2.24) is 10.6 Å². The number of aliphatic hydroxyl groups is 2. The fourth-order valence-corrected chi connectivity index (χ4v) is 3.95. The van der Waals surface area contributed by atoms with Crippen LogP contribution in [0.15, 0.2) is 0 Å². The summed E-state index contributed by atoms with van der Waals surface area (Å²) >= 11 is 0. The van der Waals surface area contributed by atoms with E-state index in [9.17, 15) is 29.4 Å². The fraction of sp³-hybridized carbons (Fsp3) is 0.833. The van der Waals surface area contributed by atoms with Crippen molar-refractivity contribution in [1.29, 1.82) is 0 Å². The molecule has 1 fully saturated rings. The highest BCUT2D eigenvalue weighted by molar-refractivity contribution is 5.87. The van der Waals surface area contributed by atoms with Crippen LogP contribution in [0.4, 0.5) is 0 Å². The van der Waals surface area contributed by atoms with Gasteiger partial charge in [-0.2, -0.15) is 0 Å². The molecule has 2 atom stereocenters. The minimum Gasteiger partial charge on any atom is -0.464 e. The number of carbonyl (C=O) groups is 4. The first-order chi connectivity index (χ1) is 16.0. The molecule has 1 aliphatic carbocycles. The van der Waals surface area contributed by atoms with Crippen LogP contribution >= 0.6 is 0 Å². The second-order valence-electron chi connectivity index (χ2n) is 10.1. The summed E-state index contributed by atoms with van der Waals surface area (Å²) in [5.74, 6) is -2.08. The third-order valence-electron chi connectivity index (χ3n) is 5.71. The van der Waals surface area contributed by atoms with Crippen molar-refractivity contribution in [3.05, 3.63) is 0 Å². The van der Waals surface area contributed by atoms with Gasteiger partial charge in [0, 0.05) is 12.8 Å². The fourth-order valence-electron chi connectivity index (χ4n) is 3.95. The molecule has 0 spiro atoms. The van der Waals surface area contributed by atoms with E-state index in [4.69, 9.17) is 9.47 Å². The second-order valence-corrected chi connectivity index (χ2v) is 10.1. The van der Waals surface area contributed by atoms with Gasteiger partial charge in [0.15, 0.2) is 12.1 Å². The average molecular weight is 487 g/mol. The first-order valence-corrected chi connectivity index (χ1v) is 12.2. The minimum atomic E-state index is -1.17. The number of esters is 2. The predicted molar refractivity (Wildman–Crippen MR) is 124 cm³/mol. The smallest absolute Gasteiger partial charge is 0.331 e. The number of amides is 2. The molecule has 34 heavy (non-hydrogen) atoms. The minimum absolute atomic E-state index is 0.00400. The van der Waals surface area contributed by atoms with Crippen molar-refractivity contribution in [2.24, 2.45) is 17.3 Å². The second kappa shape index (κ2) is 14.9. The molecule has 1 saturated carbocycles. The summed E-state index contributed by atoms with van der Waals surface area (Å²) < 4.78 is 10.2. The summed E-state index contributed by atoms with van der Waals surface area (Å²) in [7, 11) is 0. The van der Waals surface area contributed by atoms with E-state index < -0.39 is 54.5 Å². The van der Waals surface area contributed by atoms with Gasteiger partial charge in [0.25, 0.3) is 0 Å². The Kier molecular flexibility index (Phi) is 13.1. The molecular formula is C24H42N2O8. The lowest BCUT2D eigenvalue weighted by Crippen LogP contribution is -2.48. The van der Waals surface area contributed by atoms with Gasteiger partial charge in [-0.15, -0.1) is 0 Å². The number of rotatable bonds is 14. The molecule has 10 nitrogen and oxygen atoms in total. The molecule has 0 aliphatic heterocycles. The van der Waals surface area contributed by atoms with E-state index in [1.807, 2.05) is 27.7 Å². The van der Waals surface area contributed by atoms with E-state index in [0.717, 1.165) is 19.3 Å². The third kappa shape index (κ3) is 10.8. The van der Waals surface area contributed by atoms with Gasteiger partial charge in [0.1, 0.15) is 0 Å². The maximum Gasteiger partial charge on any atom is 0.331 e. The van der Waals surface area contributed by atoms with Crippen molar-refractivity contribution in [3.8, 4) is 0 Å². The number of aliphatic hydroxyl groups excluding tert-OH is 2. The molecule has 196 valence electrons. The highest BCUT2D eigenvalue weighted by atomic mass is 16.5. The summed E-state index contributed by atoms with van der Waals surface area (Å²) in [4.78, 5) is 49.8. The SMILES string of the molecule is CC(C)COC(=O)[C@@H](CO)NC(=O)CC1(CC(=O)N[C@H](CO)C(=O)OCC(C)C)CCCCC1. The molecule has 4 N–H and O–H groups in total. The lowest BCUT2D eigenvalue weighted by atomic mass is 9.69. The van der Waals surface area contributed by atoms with Gasteiger partial charge < -0.3 is 30.3 Å². The van der Waals surface area contributed by atoms with Gasteiger partial charge in [-0.3, -0.25) is 9.59 Å². The Hall–Kier alpha value is -2.20. The molecule has 0 bridgehead atoms. The Morgan fingerprint density at radius 1 is 0.735 bits per heavy atom. The van der Waals surface area contributed by atoms with Gasteiger partial charge in [0.2, 0.25) is 11.8 Å². The molecule has 0 unspecified atom stereocenters. The van der Waals surface area contributed by atoms with Crippen LogP contribution in [-0.4, -0.2) is 72.5 Å². The van der Waals surface area contributed by atoms with Crippen molar-refractivity contribution >= 4 is 23.8 Å². The Morgan fingerprint density at radius 2 is 1.12 bits per heavy atom. The Bertz CT molecular complexity index is 624. The highest BCUT2D eigenvalue weighted by Crippen LogP contribution is 2.42. The molecule has 0 heterocycles. The van der Waals surface area contributed by atoms with Gasteiger partial charge in [0.05, 0.1) is 26.4 Å². The summed E-state index contributed by atoms with van der Waals surface area (Å²) in [6.07, 6.45) is 3.95. The quantitative estimate of drug-likeness (QED) is 0.266. The summed E-state index contributed by atoms with van der Waals surface area (Å²) in [5, 5.41) is 24.1. The van der Waals surface area contributed by atoms with Crippen molar-refractivity contribution in [2.45, 2.75) is 84.7 Å². The van der Waals surface area contributed by atoms with Crippen LogP contribution in [0.5, 0.6) is 0 Å². The van der Waals surface area contributed by atoms with Crippen molar-refractivity contribution in [2.75, 3.05) is 26.4 Å². The van der Waals surface area contributed by atoms with Crippen LogP contribution in [0.3, 0.4) is 0 Å². The van der Waals surface area contributed by atoms with E-state index in [0.29, 0.717) is 12.8 Å². The Labute approximate surface area is 202 Å². The van der Waals surface area contributed by atoms with Crippen molar-refractivity contribution < 1.29 is 38.9 Å². The number of ether oxygens (including phenoxy) is 2. The normalized spacial score (nSPS) is 17.1. The third-order valence-corrected chi connectivity index (χ3v) is 5.71. The maximum atomic E-state index is 12.8. The van der Waals surface area contributed by atoms with E-state index in [-0.39, 0.29) is 37.9 Å². The average Bonchev–Trinajstić information content (AvgIpc) is 2.78. The largest absolute Gasteiger partial charge is 0.464 e. The van der Waals surface area contributed by atoms with E-state index in [1.165, 1.54) is 0 Å². The van der Waals surface area contributed by atoms with Gasteiger partial charge in [-0.1, -0.05) is 47.0 Å². The van der Waals surface area contributed by atoms with Crippen LogP contribution in [-0.2, 0) is 28.7 Å². The zero-order valence-corrected chi connectivity index (χ0v) is 20.9.